The predicted molar refractivity (Wildman–Crippen MR) is 121 cm³/mol. The number of hydrogen-bond acceptors (Lipinski definition) is 4. The molecule has 7 nitrogen and oxygen atoms in total. The summed E-state index contributed by atoms with van der Waals surface area (Å²) >= 11 is 0. The Hall–Kier alpha value is -4.00. The first-order valence-corrected chi connectivity index (χ1v) is 10.4. The van der Waals surface area contributed by atoms with E-state index in [0.29, 0.717) is 30.2 Å². The fourth-order valence-corrected chi connectivity index (χ4v) is 4.18. The van der Waals surface area contributed by atoms with Gasteiger partial charge in [-0.25, -0.2) is 4.68 Å². The van der Waals surface area contributed by atoms with Crippen LogP contribution < -0.4 is 9.47 Å². The second-order valence-corrected chi connectivity index (χ2v) is 7.82. The van der Waals surface area contributed by atoms with E-state index in [0.717, 1.165) is 22.8 Å². The molecule has 0 bridgehead atoms. The minimum Gasteiger partial charge on any atom is -0.493 e. The Balaban J connectivity index is 1.51. The maximum atomic E-state index is 13.3. The zero-order valence-corrected chi connectivity index (χ0v) is 18.3. The number of carbonyl (C=O) groups is 1. The fourth-order valence-electron chi connectivity index (χ4n) is 4.18. The second kappa shape index (κ2) is 7.92. The first-order chi connectivity index (χ1) is 15.6. The van der Waals surface area contributed by atoms with Crippen molar-refractivity contribution in [3.63, 3.8) is 0 Å². The molecule has 0 radical (unpaired) electrons. The van der Waals surface area contributed by atoms with E-state index < -0.39 is 0 Å². The largest absolute Gasteiger partial charge is 0.493 e. The van der Waals surface area contributed by atoms with Crippen molar-refractivity contribution in [1.82, 2.24) is 19.2 Å². The highest BCUT2D eigenvalue weighted by Gasteiger charge is 2.32. The van der Waals surface area contributed by atoms with Crippen molar-refractivity contribution in [2.24, 2.45) is 0 Å². The Kier molecular flexibility index (Phi) is 4.93. The third-order valence-corrected chi connectivity index (χ3v) is 5.74. The molecule has 2 aromatic carbocycles. The monoisotopic (exact) mass is 428 g/mol. The molecule has 1 aliphatic heterocycles. The summed E-state index contributed by atoms with van der Waals surface area (Å²) in [5, 5.41) is 4.90. The van der Waals surface area contributed by atoms with E-state index in [2.05, 4.69) is 29.7 Å². The molecule has 5 rings (SSSR count). The number of aryl methyl sites for hydroxylation is 1. The molecule has 0 aliphatic carbocycles. The SMILES string of the molecule is COc1ccc(C(=O)N2Cc3nn(-c4cccc(C)c4)c(-n4cccc4)c3C2)cc1OC. The van der Waals surface area contributed by atoms with Crippen LogP contribution in [0.2, 0.25) is 0 Å². The molecule has 4 aromatic rings. The molecule has 1 amide bonds. The Bertz CT molecular complexity index is 1290. The topological polar surface area (TPSA) is 61.5 Å². The normalized spacial score (nSPS) is 12.7. The molecular weight excluding hydrogens is 404 g/mol. The number of rotatable bonds is 5. The fraction of sp³-hybridized carbons (Fsp3) is 0.200. The Morgan fingerprint density at radius 2 is 1.72 bits per heavy atom. The van der Waals surface area contributed by atoms with Crippen molar-refractivity contribution in [3.05, 3.63) is 89.4 Å². The van der Waals surface area contributed by atoms with Gasteiger partial charge in [-0.15, -0.1) is 0 Å². The van der Waals surface area contributed by atoms with Gasteiger partial charge in [-0.3, -0.25) is 4.79 Å². The lowest BCUT2D eigenvalue weighted by molar-refractivity contribution is 0.0749. The molecule has 32 heavy (non-hydrogen) atoms. The Morgan fingerprint density at radius 3 is 2.44 bits per heavy atom. The van der Waals surface area contributed by atoms with Gasteiger partial charge < -0.3 is 18.9 Å². The molecule has 0 fully saturated rings. The maximum Gasteiger partial charge on any atom is 0.254 e. The van der Waals surface area contributed by atoms with Crippen molar-refractivity contribution in [3.8, 4) is 23.0 Å². The van der Waals surface area contributed by atoms with E-state index in [-0.39, 0.29) is 5.91 Å². The van der Waals surface area contributed by atoms with Crippen LogP contribution in [0.5, 0.6) is 11.5 Å². The van der Waals surface area contributed by atoms with Gasteiger partial charge in [0.05, 0.1) is 38.7 Å². The highest BCUT2D eigenvalue weighted by atomic mass is 16.5. The zero-order chi connectivity index (χ0) is 22.2. The van der Waals surface area contributed by atoms with Crippen molar-refractivity contribution < 1.29 is 14.3 Å². The van der Waals surface area contributed by atoms with Crippen LogP contribution in [0.4, 0.5) is 0 Å². The van der Waals surface area contributed by atoms with Crippen LogP contribution in [-0.2, 0) is 13.1 Å². The number of amides is 1. The summed E-state index contributed by atoms with van der Waals surface area (Å²) in [6.07, 6.45) is 4.00. The molecule has 1 aliphatic rings. The van der Waals surface area contributed by atoms with Crippen LogP contribution in [0.15, 0.2) is 67.0 Å². The first kappa shape index (κ1) is 19.9. The molecule has 162 valence electrons. The van der Waals surface area contributed by atoms with Crippen molar-refractivity contribution in [1.29, 1.82) is 0 Å². The number of methoxy groups -OCH3 is 2. The van der Waals surface area contributed by atoms with Gasteiger partial charge in [0.2, 0.25) is 0 Å². The van der Waals surface area contributed by atoms with Gasteiger partial charge >= 0.3 is 0 Å². The van der Waals surface area contributed by atoms with Gasteiger partial charge in [0.1, 0.15) is 5.82 Å². The van der Waals surface area contributed by atoms with Gasteiger partial charge in [0, 0.05) is 23.5 Å². The van der Waals surface area contributed by atoms with E-state index in [1.165, 1.54) is 5.56 Å². The average molecular weight is 428 g/mol. The van der Waals surface area contributed by atoms with Crippen molar-refractivity contribution in [2.75, 3.05) is 14.2 Å². The summed E-state index contributed by atoms with van der Waals surface area (Å²) in [6, 6.07) is 17.5. The van der Waals surface area contributed by atoms with Crippen LogP contribution in [-0.4, -0.2) is 39.4 Å². The molecule has 0 spiro atoms. The minimum atomic E-state index is -0.0653. The van der Waals surface area contributed by atoms with Crippen molar-refractivity contribution in [2.45, 2.75) is 20.0 Å². The lowest BCUT2D eigenvalue weighted by Crippen LogP contribution is -2.26. The van der Waals surface area contributed by atoms with Crippen LogP contribution in [0.3, 0.4) is 0 Å². The Labute approximate surface area is 186 Å². The van der Waals surface area contributed by atoms with Gasteiger partial charge in [0.25, 0.3) is 5.91 Å². The number of ether oxygens (including phenoxy) is 2. The third kappa shape index (κ3) is 3.32. The van der Waals surface area contributed by atoms with Crippen LogP contribution >= 0.6 is 0 Å². The van der Waals surface area contributed by atoms with E-state index in [1.54, 1.807) is 32.4 Å². The maximum absolute atomic E-state index is 13.3. The molecule has 0 unspecified atom stereocenters. The molecule has 0 N–H and O–H groups in total. The quantitative estimate of drug-likeness (QED) is 0.479. The number of fused-ring (bicyclic) bond motifs is 1. The number of aromatic nitrogens is 3. The number of carbonyl (C=O) groups excluding carboxylic acids is 1. The predicted octanol–water partition coefficient (Wildman–Crippen LogP) is 4.14. The number of hydrogen-bond donors (Lipinski definition) is 0. The van der Waals surface area contributed by atoms with Gasteiger partial charge in [0.15, 0.2) is 11.5 Å². The number of benzene rings is 2. The molecule has 2 aromatic heterocycles. The smallest absolute Gasteiger partial charge is 0.254 e. The Morgan fingerprint density at radius 1 is 0.938 bits per heavy atom. The summed E-state index contributed by atoms with van der Waals surface area (Å²) < 4.78 is 14.7. The van der Waals surface area contributed by atoms with Crippen molar-refractivity contribution >= 4 is 5.91 Å². The van der Waals surface area contributed by atoms with E-state index in [9.17, 15) is 4.79 Å². The highest BCUT2D eigenvalue weighted by Crippen LogP contribution is 2.33. The summed E-state index contributed by atoms with van der Waals surface area (Å²) in [5.74, 6) is 2.02. The molecule has 0 saturated heterocycles. The van der Waals surface area contributed by atoms with E-state index in [4.69, 9.17) is 14.6 Å². The lowest BCUT2D eigenvalue weighted by Gasteiger charge is -2.18. The van der Waals surface area contributed by atoms with E-state index in [1.807, 2.05) is 40.2 Å². The van der Waals surface area contributed by atoms with Crippen LogP contribution in [0, 0.1) is 6.92 Å². The number of nitrogens with zero attached hydrogens (tertiary/aromatic N) is 4. The third-order valence-electron chi connectivity index (χ3n) is 5.74. The average Bonchev–Trinajstić information content (AvgIpc) is 3.54. The first-order valence-electron chi connectivity index (χ1n) is 10.4. The van der Waals surface area contributed by atoms with Gasteiger partial charge in [-0.05, 0) is 55.0 Å². The highest BCUT2D eigenvalue weighted by molar-refractivity contribution is 5.95. The van der Waals surface area contributed by atoms with Gasteiger partial charge in [-0.1, -0.05) is 12.1 Å². The van der Waals surface area contributed by atoms with E-state index >= 15 is 0 Å². The second-order valence-electron chi connectivity index (χ2n) is 7.82. The molecular formula is C25H24N4O3. The molecule has 0 atom stereocenters. The summed E-state index contributed by atoms with van der Waals surface area (Å²) in [5.41, 5.74) is 4.69. The standard InChI is InChI=1S/C25H24N4O3/c1-17-7-6-8-19(13-17)29-24(27-11-4-5-12-27)20-15-28(16-21(20)26-29)25(30)18-9-10-22(31-2)23(14-18)32-3/h4-14H,15-16H2,1-3H3. The van der Waals surface area contributed by atoms with Crippen LogP contribution in [0.1, 0.15) is 27.2 Å². The summed E-state index contributed by atoms with van der Waals surface area (Å²) in [4.78, 5) is 15.1. The molecule has 3 heterocycles. The molecule has 0 saturated carbocycles. The zero-order valence-electron chi connectivity index (χ0n) is 18.3. The minimum absolute atomic E-state index is 0.0653. The van der Waals surface area contributed by atoms with Crippen LogP contribution in [0.25, 0.3) is 11.5 Å². The van der Waals surface area contributed by atoms with Gasteiger partial charge in [-0.2, -0.15) is 5.10 Å². The summed E-state index contributed by atoms with van der Waals surface area (Å²) in [6.45, 7) is 3.01. The lowest BCUT2D eigenvalue weighted by atomic mass is 10.1. The summed E-state index contributed by atoms with van der Waals surface area (Å²) in [7, 11) is 3.14. The molecule has 7 heteroatoms.